The summed E-state index contributed by atoms with van der Waals surface area (Å²) in [5, 5.41) is 15.2. The van der Waals surface area contributed by atoms with Gasteiger partial charge in [-0.05, 0) is 47.0 Å². The Balaban J connectivity index is 1.76. The summed E-state index contributed by atoms with van der Waals surface area (Å²) in [6.45, 7) is 3.03. The molecule has 0 bridgehead atoms. The number of hydrogen-bond acceptors (Lipinski definition) is 6. The number of ether oxygens (including phenoxy) is 1. The minimum atomic E-state index is -0.0686. The van der Waals surface area contributed by atoms with Gasteiger partial charge >= 0.3 is 0 Å². The zero-order valence-corrected chi connectivity index (χ0v) is 15.9. The van der Waals surface area contributed by atoms with Crippen molar-refractivity contribution in [1.82, 2.24) is 24.9 Å². The fraction of sp³-hybridized carbons (Fsp3) is 0.263. The summed E-state index contributed by atoms with van der Waals surface area (Å²) in [6.07, 6.45) is 0. The number of nitrogens with zero attached hydrogens (tertiary/aromatic N) is 5. The van der Waals surface area contributed by atoms with E-state index in [1.165, 1.54) is 7.11 Å². The van der Waals surface area contributed by atoms with Crippen molar-refractivity contribution >= 4 is 33.8 Å². The molecule has 0 spiro atoms. The second kappa shape index (κ2) is 7.42. The van der Waals surface area contributed by atoms with Gasteiger partial charge in [-0.2, -0.15) is 4.52 Å². The van der Waals surface area contributed by atoms with Crippen LogP contribution >= 0.6 is 11.3 Å². The molecule has 1 aromatic carbocycles. The van der Waals surface area contributed by atoms with Gasteiger partial charge in [-0.25, -0.2) is 0 Å². The lowest BCUT2D eigenvalue weighted by Gasteiger charge is -2.22. The lowest BCUT2D eigenvalue weighted by Crippen LogP contribution is -2.32. The first-order valence-corrected chi connectivity index (χ1v) is 9.43. The monoisotopic (exact) mass is 381 g/mol. The average molecular weight is 381 g/mol. The van der Waals surface area contributed by atoms with Gasteiger partial charge in [0, 0.05) is 29.5 Å². The molecule has 0 N–H and O–H groups in total. The fourth-order valence-corrected chi connectivity index (χ4v) is 3.86. The van der Waals surface area contributed by atoms with Crippen molar-refractivity contribution < 1.29 is 9.53 Å². The van der Waals surface area contributed by atoms with E-state index in [-0.39, 0.29) is 12.5 Å². The molecule has 3 aromatic heterocycles. The second-order valence-electron chi connectivity index (χ2n) is 6.41. The van der Waals surface area contributed by atoms with Crippen LogP contribution in [0.15, 0.2) is 41.8 Å². The summed E-state index contributed by atoms with van der Waals surface area (Å²) in [5.41, 5.74) is 3.66. The summed E-state index contributed by atoms with van der Waals surface area (Å²) in [5.74, 6) is -0.0686. The van der Waals surface area contributed by atoms with Crippen LogP contribution in [0.25, 0.3) is 16.6 Å². The van der Waals surface area contributed by atoms with Crippen LogP contribution in [0.1, 0.15) is 16.0 Å². The first-order valence-electron chi connectivity index (χ1n) is 8.55. The van der Waals surface area contributed by atoms with Gasteiger partial charge in [-0.3, -0.25) is 4.79 Å². The lowest BCUT2D eigenvalue weighted by atomic mass is 10.1. The number of rotatable bonds is 6. The van der Waals surface area contributed by atoms with Crippen LogP contribution in [0.2, 0.25) is 0 Å². The van der Waals surface area contributed by atoms with E-state index in [9.17, 15) is 4.79 Å². The van der Waals surface area contributed by atoms with Crippen molar-refractivity contribution in [2.24, 2.45) is 0 Å². The Bertz CT molecular complexity index is 1090. The van der Waals surface area contributed by atoms with E-state index in [0.717, 1.165) is 26.9 Å². The molecular weight excluding hydrogens is 362 g/mol. The molecule has 4 rings (SSSR count). The van der Waals surface area contributed by atoms with Gasteiger partial charge in [-0.15, -0.1) is 16.4 Å². The Morgan fingerprint density at radius 1 is 1.26 bits per heavy atom. The number of aryl methyl sites for hydroxylation is 1. The van der Waals surface area contributed by atoms with E-state index in [1.807, 2.05) is 36.6 Å². The summed E-state index contributed by atoms with van der Waals surface area (Å²) in [4.78, 5) is 15.5. The van der Waals surface area contributed by atoms with Crippen LogP contribution in [-0.2, 0) is 22.6 Å². The van der Waals surface area contributed by atoms with E-state index in [0.29, 0.717) is 18.7 Å². The quantitative estimate of drug-likeness (QED) is 0.513. The SMILES string of the molecule is COCC(=O)N(Cc1cccs1)Cc1cc2cc(C)ccc2n2nnnc12. The van der Waals surface area contributed by atoms with Crippen LogP contribution < -0.4 is 0 Å². The smallest absolute Gasteiger partial charge is 0.249 e. The van der Waals surface area contributed by atoms with E-state index < -0.39 is 0 Å². The molecule has 0 unspecified atom stereocenters. The third kappa shape index (κ3) is 3.54. The molecule has 0 aliphatic carbocycles. The number of fused-ring (bicyclic) bond motifs is 3. The third-order valence-electron chi connectivity index (χ3n) is 4.41. The number of pyridine rings is 1. The third-order valence-corrected chi connectivity index (χ3v) is 5.27. The number of carbonyl (C=O) groups excluding carboxylic acids is 1. The largest absolute Gasteiger partial charge is 0.375 e. The number of amides is 1. The molecule has 7 nitrogen and oxygen atoms in total. The zero-order valence-electron chi connectivity index (χ0n) is 15.1. The molecule has 3 heterocycles. The average Bonchev–Trinajstić information content (AvgIpc) is 3.33. The highest BCUT2D eigenvalue weighted by atomic mass is 32.1. The normalized spacial score (nSPS) is 11.3. The molecule has 8 heteroatoms. The predicted molar refractivity (Wildman–Crippen MR) is 103 cm³/mol. The first-order chi connectivity index (χ1) is 13.2. The maximum absolute atomic E-state index is 12.6. The lowest BCUT2D eigenvalue weighted by molar-refractivity contribution is -0.136. The van der Waals surface area contributed by atoms with Gasteiger partial charge in [0.25, 0.3) is 0 Å². The molecule has 27 heavy (non-hydrogen) atoms. The topological polar surface area (TPSA) is 72.6 Å². The molecule has 0 saturated carbocycles. The number of tetrazole rings is 1. The highest BCUT2D eigenvalue weighted by Gasteiger charge is 2.18. The Hall–Kier alpha value is -2.84. The Labute approximate surface area is 160 Å². The molecular formula is C19H19N5O2S. The molecule has 138 valence electrons. The van der Waals surface area contributed by atoms with Gasteiger partial charge in [0.1, 0.15) is 6.61 Å². The summed E-state index contributed by atoms with van der Waals surface area (Å²) in [7, 11) is 1.53. The van der Waals surface area contributed by atoms with E-state index >= 15 is 0 Å². The molecule has 0 fully saturated rings. The zero-order chi connectivity index (χ0) is 18.8. The van der Waals surface area contributed by atoms with Crippen LogP contribution in [-0.4, -0.2) is 44.6 Å². The summed E-state index contributed by atoms with van der Waals surface area (Å²) < 4.78 is 6.80. The van der Waals surface area contributed by atoms with Crippen molar-refractivity contribution in [3.05, 3.63) is 57.8 Å². The highest BCUT2D eigenvalue weighted by Crippen LogP contribution is 2.23. The maximum atomic E-state index is 12.6. The first kappa shape index (κ1) is 17.6. The van der Waals surface area contributed by atoms with Gasteiger partial charge in [-0.1, -0.05) is 17.7 Å². The van der Waals surface area contributed by atoms with Crippen molar-refractivity contribution in [2.75, 3.05) is 13.7 Å². The molecule has 4 aromatic rings. The Morgan fingerprint density at radius 2 is 2.15 bits per heavy atom. The molecule has 0 aliphatic heterocycles. The summed E-state index contributed by atoms with van der Waals surface area (Å²) >= 11 is 1.63. The number of thiophene rings is 1. The van der Waals surface area contributed by atoms with Gasteiger partial charge in [0.2, 0.25) is 5.91 Å². The number of hydrogen-bond donors (Lipinski definition) is 0. The van der Waals surface area contributed by atoms with Gasteiger partial charge in [0.05, 0.1) is 12.1 Å². The van der Waals surface area contributed by atoms with E-state index in [4.69, 9.17) is 4.74 Å². The fourth-order valence-electron chi connectivity index (χ4n) is 3.14. The van der Waals surface area contributed by atoms with Gasteiger partial charge < -0.3 is 9.64 Å². The molecule has 0 aliphatic rings. The van der Waals surface area contributed by atoms with Crippen molar-refractivity contribution in [2.45, 2.75) is 20.0 Å². The van der Waals surface area contributed by atoms with Crippen molar-refractivity contribution in [1.29, 1.82) is 0 Å². The van der Waals surface area contributed by atoms with Crippen LogP contribution in [0.3, 0.4) is 0 Å². The van der Waals surface area contributed by atoms with Crippen molar-refractivity contribution in [3.63, 3.8) is 0 Å². The molecule has 0 saturated heterocycles. The number of aromatic nitrogens is 4. The summed E-state index contributed by atoms with van der Waals surface area (Å²) in [6, 6.07) is 12.2. The van der Waals surface area contributed by atoms with Crippen LogP contribution in [0.4, 0.5) is 0 Å². The van der Waals surface area contributed by atoms with Gasteiger partial charge in [0.15, 0.2) is 5.65 Å². The highest BCUT2D eigenvalue weighted by molar-refractivity contribution is 7.09. The molecule has 0 atom stereocenters. The Kier molecular flexibility index (Phi) is 4.83. The van der Waals surface area contributed by atoms with Crippen molar-refractivity contribution in [3.8, 4) is 0 Å². The second-order valence-corrected chi connectivity index (χ2v) is 7.44. The number of benzene rings is 1. The molecule has 0 radical (unpaired) electrons. The maximum Gasteiger partial charge on any atom is 0.249 e. The Morgan fingerprint density at radius 3 is 2.93 bits per heavy atom. The van der Waals surface area contributed by atoms with Crippen LogP contribution in [0, 0.1) is 6.92 Å². The molecule has 1 amide bonds. The minimum absolute atomic E-state index is 0.0410. The number of carbonyl (C=O) groups is 1. The number of methoxy groups -OCH3 is 1. The minimum Gasteiger partial charge on any atom is -0.375 e. The van der Waals surface area contributed by atoms with Crippen LogP contribution in [0.5, 0.6) is 0 Å². The predicted octanol–water partition coefficient (Wildman–Crippen LogP) is 2.82. The standard InChI is InChI=1S/C19H19N5O2S/c1-13-5-6-17-14(8-13)9-15(19-20-21-22-24(17)19)10-23(18(25)12-26-2)11-16-4-3-7-27-16/h3-9H,10-12H2,1-2H3. The van der Waals surface area contributed by atoms with E-state index in [1.54, 1.807) is 20.8 Å². The van der Waals surface area contributed by atoms with E-state index in [2.05, 4.69) is 27.7 Å².